The molecular weight excluding hydrogens is 370 g/mol. The number of benzene rings is 2. The predicted molar refractivity (Wildman–Crippen MR) is 97.6 cm³/mol. The van der Waals surface area contributed by atoms with Crippen molar-refractivity contribution in [3.05, 3.63) is 60.5 Å². The van der Waals surface area contributed by atoms with Gasteiger partial charge in [0.2, 0.25) is 5.89 Å². The van der Waals surface area contributed by atoms with E-state index in [0.717, 1.165) is 11.8 Å². The van der Waals surface area contributed by atoms with E-state index in [0.29, 0.717) is 17.0 Å². The minimum absolute atomic E-state index is 0.0341. The minimum atomic E-state index is -3.30. The maximum Gasteiger partial charge on any atom is 0.338 e. The number of nitrogens with zero attached hydrogens (tertiary/aromatic N) is 1. The van der Waals surface area contributed by atoms with Gasteiger partial charge < -0.3 is 9.73 Å². The van der Waals surface area contributed by atoms with Gasteiger partial charge in [0.1, 0.15) is 5.69 Å². The minimum Gasteiger partial charge on any atom is -0.438 e. The van der Waals surface area contributed by atoms with Gasteiger partial charge in [0.05, 0.1) is 11.4 Å². The van der Waals surface area contributed by atoms with Crippen molar-refractivity contribution < 1.29 is 22.8 Å². The Labute approximate surface area is 155 Å². The monoisotopic (exact) mass is 387 g/mol. The second kappa shape index (κ2) is 7.60. The molecule has 0 atom stereocenters. The lowest BCUT2D eigenvalue weighted by molar-refractivity contribution is 0.161. The van der Waals surface area contributed by atoms with E-state index in [2.05, 4.69) is 10.3 Å². The molecular formula is C18H17N3O5S. The predicted octanol–water partition coefficient (Wildman–Crippen LogP) is 2.60. The lowest BCUT2D eigenvalue weighted by atomic mass is 10.1. The number of carbonyl (C=O) groups is 1. The number of amides is 2. The molecule has 0 spiro atoms. The molecule has 1 heterocycles. The summed E-state index contributed by atoms with van der Waals surface area (Å²) in [6, 6.07) is 14.8. The van der Waals surface area contributed by atoms with Gasteiger partial charge in [0, 0.05) is 17.4 Å². The quantitative estimate of drug-likeness (QED) is 0.457. The highest BCUT2D eigenvalue weighted by molar-refractivity contribution is 7.90. The Morgan fingerprint density at radius 1 is 1.07 bits per heavy atom. The summed E-state index contributed by atoms with van der Waals surface area (Å²) in [5, 5.41) is 10.9. The van der Waals surface area contributed by atoms with Gasteiger partial charge in [-0.2, -0.15) is 0 Å². The fourth-order valence-electron chi connectivity index (χ4n) is 2.48. The molecule has 0 saturated carbocycles. The number of hydrogen-bond acceptors (Lipinski definition) is 6. The fraction of sp³-hybridized carbons (Fsp3) is 0.111. The summed E-state index contributed by atoms with van der Waals surface area (Å²) in [6.45, 7) is -0.0341. The average Bonchev–Trinajstić information content (AvgIpc) is 3.10. The Morgan fingerprint density at radius 2 is 1.74 bits per heavy atom. The van der Waals surface area contributed by atoms with Gasteiger partial charge >= 0.3 is 6.03 Å². The maximum absolute atomic E-state index is 11.6. The molecule has 27 heavy (non-hydrogen) atoms. The zero-order chi connectivity index (χ0) is 19.4. The molecule has 0 bridgehead atoms. The Morgan fingerprint density at radius 3 is 2.33 bits per heavy atom. The van der Waals surface area contributed by atoms with Gasteiger partial charge in [-0.3, -0.25) is 5.21 Å². The van der Waals surface area contributed by atoms with E-state index < -0.39 is 15.9 Å². The summed E-state index contributed by atoms with van der Waals surface area (Å²) >= 11 is 0. The summed E-state index contributed by atoms with van der Waals surface area (Å²) in [5.41, 5.74) is 3.47. The molecule has 2 aromatic carbocycles. The van der Waals surface area contributed by atoms with Crippen LogP contribution in [0.4, 0.5) is 4.79 Å². The molecule has 0 aliphatic rings. The van der Waals surface area contributed by atoms with E-state index in [1.165, 1.54) is 17.6 Å². The molecule has 0 saturated heterocycles. The number of carbonyl (C=O) groups excluding carboxylic acids is 1. The van der Waals surface area contributed by atoms with Gasteiger partial charge in [-0.1, -0.05) is 30.3 Å². The molecule has 3 aromatic rings. The van der Waals surface area contributed by atoms with Crippen molar-refractivity contribution in [3.8, 4) is 22.6 Å². The van der Waals surface area contributed by atoms with Crippen molar-refractivity contribution in [2.45, 2.75) is 11.4 Å². The number of rotatable bonds is 5. The van der Waals surface area contributed by atoms with Crippen LogP contribution in [0.1, 0.15) is 5.89 Å². The first-order chi connectivity index (χ1) is 12.9. The van der Waals surface area contributed by atoms with Crippen molar-refractivity contribution in [3.63, 3.8) is 0 Å². The summed E-state index contributed by atoms with van der Waals surface area (Å²) in [6.07, 6.45) is 1.14. The smallest absolute Gasteiger partial charge is 0.338 e. The standard InChI is InChI=1S/C18H17N3O5S/c1-27(24,25)14-9-7-13(8-10-14)17-16(12-5-3-2-4-6-12)20-15(26-17)11-19-18(22)21-23/h2-10,23H,11H2,1H3,(H2,19,21,22). The first-order valence-corrected chi connectivity index (χ1v) is 9.81. The number of sulfone groups is 1. The zero-order valence-corrected chi connectivity index (χ0v) is 15.2. The van der Waals surface area contributed by atoms with Crippen LogP contribution in [-0.2, 0) is 16.4 Å². The van der Waals surface area contributed by atoms with E-state index in [4.69, 9.17) is 9.62 Å². The number of urea groups is 1. The van der Waals surface area contributed by atoms with Crippen molar-refractivity contribution in [2.24, 2.45) is 0 Å². The van der Waals surface area contributed by atoms with Crippen LogP contribution in [-0.4, -0.2) is 30.9 Å². The van der Waals surface area contributed by atoms with Crippen molar-refractivity contribution in [1.29, 1.82) is 0 Å². The molecule has 8 nitrogen and oxygen atoms in total. The molecule has 0 fully saturated rings. The second-order valence-electron chi connectivity index (χ2n) is 5.74. The number of oxazole rings is 1. The second-order valence-corrected chi connectivity index (χ2v) is 7.76. The molecule has 0 aliphatic heterocycles. The van der Waals surface area contributed by atoms with Crippen molar-refractivity contribution >= 4 is 15.9 Å². The molecule has 2 amide bonds. The normalized spacial score (nSPS) is 11.2. The summed E-state index contributed by atoms with van der Waals surface area (Å²) in [4.78, 5) is 15.8. The third-order valence-corrected chi connectivity index (χ3v) is 4.89. The number of hydroxylamine groups is 1. The van der Waals surface area contributed by atoms with Crippen LogP contribution in [0.5, 0.6) is 0 Å². The molecule has 140 valence electrons. The third-order valence-electron chi connectivity index (χ3n) is 3.77. The van der Waals surface area contributed by atoms with Gasteiger partial charge in [0.25, 0.3) is 0 Å². The Kier molecular flexibility index (Phi) is 5.24. The molecule has 0 radical (unpaired) electrons. The number of hydrogen-bond donors (Lipinski definition) is 3. The third kappa shape index (κ3) is 4.33. The van der Waals surface area contributed by atoms with Gasteiger partial charge in [0.15, 0.2) is 15.6 Å². The maximum atomic E-state index is 11.6. The van der Waals surface area contributed by atoms with Gasteiger partial charge in [-0.25, -0.2) is 23.7 Å². The topological polar surface area (TPSA) is 122 Å². The summed E-state index contributed by atoms with van der Waals surface area (Å²) in [5.74, 6) is 0.683. The Balaban J connectivity index is 2.02. The Hall–Kier alpha value is -3.17. The first-order valence-electron chi connectivity index (χ1n) is 7.92. The highest BCUT2D eigenvalue weighted by Crippen LogP contribution is 2.33. The van der Waals surface area contributed by atoms with E-state index >= 15 is 0 Å². The Bertz CT molecular complexity index is 1040. The number of aromatic nitrogens is 1. The number of nitrogens with one attached hydrogen (secondary N) is 2. The van der Waals surface area contributed by atoms with E-state index in [1.54, 1.807) is 12.1 Å². The van der Waals surface area contributed by atoms with E-state index in [9.17, 15) is 13.2 Å². The summed E-state index contributed by atoms with van der Waals surface area (Å²) in [7, 11) is -3.30. The van der Waals surface area contributed by atoms with Crippen LogP contribution in [0.2, 0.25) is 0 Å². The van der Waals surface area contributed by atoms with Crippen molar-refractivity contribution in [1.82, 2.24) is 15.8 Å². The SMILES string of the molecule is CS(=O)(=O)c1ccc(-c2oc(CNC(=O)NO)nc2-c2ccccc2)cc1. The van der Waals surface area contributed by atoms with Crippen LogP contribution in [0.15, 0.2) is 63.9 Å². The van der Waals surface area contributed by atoms with Crippen LogP contribution < -0.4 is 10.8 Å². The fourth-order valence-corrected chi connectivity index (χ4v) is 3.11. The van der Waals surface area contributed by atoms with Crippen molar-refractivity contribution in [2.75, 3.05) is 6.26 Å². The molecule has 3 N–H and O–H groups in total. The van der Waals surface area contributed by atoms with Crippen LogP contribution in [0, 0.1) is 0 Å². The summed E-state index contributed by atoms with van der Waals surface area (Å²) < 4.78 is 29.1. The largest absolute Gasteiger partial charge is 0.438 e. The zero-order valence-electron chi connectivity index (χ0n) is 14.3. The average molecular weight is 387 g/mol. The molecule has 0 aliphatic carbocycles. The lowest BCUT2D eigenvalue weighted by Gasteiger charge is -2.03. The highest BCUT2D eigenvalue weighted by Gasteiger charge is 2.18. The van der Waals surface area contributed by atoms with Crippen LogP contribution in [0.3, 0.4) is 0 Å². The molecule has 9 heteroatoms. The first kappa shape index (κ1) is 18.6. The van der Waals surface area contributed by atoms with Crippen LogP contribution in [0.25, 0.3) is 22.6 Å². The highest BCUT2D eigenvalue weighted by atomic mass is 32.2. The van der Waals surface area contributed by atoms with Crippen LogP contribution >= 0.6 is 0 Å². The van der Waals surface area contributed by atoms with Gasteiger partial charge in [-0.05, 0) is 24.3 Å². The lowest BCUT2D eigenvalue weighted by Crippen LogP contribution is -2.32. The van der Waals surface area contributed by atoms with E-state index in [1.807, 2.05) is 30.3 Å². The van der Waals surface area contributed by atoms with E-state index in [-0.39, 0.29) is 17.3 Å². The molecule has 3 rings (SSSR count). The molecule has 0 unspecified atom stereocenters. The van der Waals surface area contributed by atoms with Gasteiger partial charge in [-0.15, -0.1) is 0 Å². The molecule has 1 aromatic heterocycles.